The van der Waals surface area contributed by atoms with Gasteiger partial charge in [-0.05, 0) is 23.1 Å². The van der Waals surface area contributed by atoms with Crippen molar-refractivity contribution in [2.75, 3.05) is 11.0 Å². The minimum Gasteiger partial charge on any atom is -0.259 e. The van der Waals surface area contributed by atoms with Gasteiger partial charge in [-0.25, -0.2) is 13.4 Å². The minimum absolute atomic E-state index is 0.0720. The first-order valence-electron chi connectivity index (χ1n) is 5.54. The van der Waals surface area contributed by atoms with Gasteiger partial charge < -0.3 is 0 Å². The van der Waals surface area contributed by atoms with Crippen LogP contribution in [0.1, 0.15) is 26.3 Å². The lowest BCUT2D eigenvalue weighted by molar-refractivity contribution is 0.591. The molecule has 0 saturated carbocycles. The van der Waals surface area contributed by atoms with Gasteiger partial charge in [-0.2, -0.15) is 0 Å². The first-order valence-corrected chi connectivity index (χ1v) is 8.25. The summed E-state index contributed by atoms with van der Waals surface area (Å²) in [5, 5.41) is 0.415. The monoisotopic (exact) mass is 284 g/mol. The third-order valence-corrected chi connectivity index (χ3v) is 4.15. The van der Waals surface area contributed by atoms with Crippen molar-refractivity contribution < 1.29 is 8.42 Å². The summed E-state index contributed by atoms with van der Waals surface area (Å²) in [5.74, 6) is 0. The molecule has 0 fully saturated rings. The Kier molecular flexibility index (Phi) is 3.11. The van der Waals surface area contributed by atoms with Gasteiger partial charge in [0.05, 0.1) is 16.5 Å². The molecule has 18 heavy (non-hydrogen) atoms. The molecule has 2 rings (SSSR count). The van der Waals surface area contributed by atoms with Gasteiger partial charge in [0.25, 0.3) is 0 Å². The number of sulfonamides is 1. The van der Waals surface area contributed by atoms with E-state index < -0.39 is 10.0 Å². The fourth-order valence-electron chi connectivity index (χ4n) is 1.59. The van der Waals surface area contributed by atoms with E-state index in [2.05, 4.69) is 36.5 Å². The maximum atomic E-state index is 11.2. The van der Waals surface area contributed by atoms with Crippen molar-refractivity contribution >= 4 is 36.7 Å². The second-order valence-electron chi connectivity index (χ2n) is 5.33. The van der Waals surface area contributed by atoms with Gasteiger partial charge in [0, 0.05) is 0 Å². The van der Waals surface area contributed by atoms with E-state index in [4.69, 9.17) is 0 Å². The van der Waals surface area contributed by atoms with Crippen molar-refractivity contribution in [3.8, 4) is 0 Å². The summed E-state index contributed by atoms with van der Waals surface area (Å²) in [6, 6.07) is 6.03. The van der Waals surface area contributed by atoms with Gasteiger partial charge in [0.15, 0.2) is 5.13 Å². The van der Waals surface area contributed by atoms with Crippen LogP contribution in [0.2, 0.25) is 0 Å². The van der Waals surface area contributed by atoms with Crippen molar-refractivity contribution in [3.63, 3.8) is 0 Å². The van der Waals surface area contributed by atoms with Crippen LogP contribution in [-0.4, -0.2) is 19.7 Å². The minimum atomic E-state index is -3.27. The summed E-state index contributed by atoms with van der Waals surface area (Å²) < 4.78 is 25.7. The third kappa shape index (κ3) is 3.00. The van der Waals surface area contributed by atoms with Crippen LogP contribution < -0.4 is 4.72 Å². The van der Waals surface area contributed by atoms with Gasteiger partial charge in [0.1, 0.15) is 0 Å². The highest BCUT2D eigenvalue weighted by molar-refractivity contribution is 7.92. The number of hydrogen-bond donors (Lipinski definition) is 1. The number of anilines is 1. The third-order valence-electron chi connectivity index (χ3n) is 2.53. The topological polar surface area (TPSA) is 59.1 Å². The number of benzene rings is 1. The molecule has 0 aliphatic heterocycles. The second kappa shape index (κ2) is 4.20. The Bertz CT molecular complexity index is 682. The van der Waals surface area contributed by atoms with Crippen molar-refractivity contribution in [3.05, 3.63) is 23.8 Å². The van der Waals surface area contributed by atoms with Crippen LogP contribution in [0.3, 0.4) is 0 Å². The molecule has 0 spiro atoms. The number of rotatable bonds is 2. The summed E-state index contributed by atoms with van der Waals surface area (Å²) in [5.41, 5.74) is 2.10. The Morgan fingerprint density at radius 1 is 1.28 bits per heavy atom. The highest BCUT2D eigenvalue weighted by Gasteiger charge is 2.15. The van der Waals surface area contributed by atoms with Crippen LogP contribution in [0, 0.1) is 0 Å². The Morgan fingerprint density at radius 2 is 1.94 bits per heavy atom. The van der Waals surface area contributed by atoms with Gasteiger partial charge in [-0.1, -0.05) is 38.2 Å². The normalized spacial score (nSPS) is 12.9. The Morgan fingerprint density at radius 3 is 2.50 bits per heavy atom. The van der Waals surface area contributed by atoms with Gasteiger partial charge >= 0.3 is 0 Å². The summed E-state index contributed by atoms with van der Waals surface area (Å²) in [4.78, 5) is 4.25. The largest absolute Gasteiger partial charge is 0.259 e. The molecule has 0 aliphatic carbocycles. The first kappa shape index (κ1) is 13.3. The van der Waals surface area contributed by atoms with Crippen LogP contribution in [-0.2, 0) is 15.4 Å². The first-order chi connectivity index (χ1) is 8.15. The lowest BCUT2D eigenvalue weighted by atomic mass is 9.87. The molecule has 0 radical (unpaired) electrons. The van der Waals surface area contributed by atoms with Gasteiger partial charge in [-0.15, -0.1) is 0 Å². The Balaban J connectivity index is 2.46. The molecular formula is C12H16N2O2S2. The summed E-state index contributed by atoms with van der Waals surface area (Å²) in [7, 11) is -3.27. The fraction of sp³-hybridized carbons (Fsp3) is 0.417. The summed E-state index contributed by atoms with van der Waals surface area (Å²) >= 11 is 1.35. The maximum Gasteiger partial charge on any atom is 0.231 e. The lowest BCUT2D eigenvalue weighted by Gasteiger charge is -2.18. The molecule has 6 heteroatoms. The molecule has 1 heterocycles. The van der Waals surface area contributed by atoms with Gasteiger partial charge in [0.2, 0.25) is 10.0 Å². The van der Waals surface area contributed by atoms with Gasteiger partial charge in [-0.3, -0.25) is 4.72 Å². The van der Waals surface area contributed by atoms with Crippen LogP contribution >= 0.6 is 11.3 Å². The van der Waals surface area contributed by atoms with Crippen LogP contribution in [0.15, 0.2) is 18.2 Å². The highest BCUT2D eigenvalue weighted by atomic mass is 32.2. The zero-order chi connectivity index (χ0) is 13.6. The fourth-order valence-corrected chi connectivity index (χ4v) is 3.33. The van der Waals surface area contributed by atoms with E-state index in [1.165, 1.54) is 16.9 Å². The van der Waals surface area contributed by atoms with E-state index in [-0.39, 0.29) is 5.41 Å². The zero-order valence-electron chi connectivity index (χ0n) is 10.8. The SMILES string of the molecule is CC(C)(C)c1ccc2nc(NS(C)(=O)=O)sc2c1. The number of hydrogen-bond acceptors (Lipinski definition) is 4. The number of nitrogens with zero attached hydrogens (tertiary/aromatic N) is 1. The molecule has 2 aromatic rings. The predicted molar refractivity (Wildman–Crippen MR) is 76.8 cm³/mol. The van der Waals surface area contributed by atoms with Crippen molar-refractivity contribution in [1.82, 2.24) is 4.98 Å². The zero-order valence-corrected chi connectivity index (χ0v) is 12.4. The van der Waals surface area contributed by atoms with E-state index >= 15 is 0 Å². The van der Waals surface area contributed by atoms with E-state index in [1.54, 1.807) is 0 Å². The molecular weight excluding hydrogens is 268 g/mol. The van der Waals surface area contributed by atoms with Crippen LogP contribution in [0.4, 0.5) is 5.13 Å². The average molecular weight is 284 g/mol. The maximum absolute atomic E-state index is 11.2. The Labute approximate surface area is 111 Å². The molecule has 0 aliphatic rings. The molecule has 1 N–H and O–H groups in total. The smallest absolute Gasteiger partial charge is 0.231 e. The van der Waals surface area contributed by atoms with E-state index in [0.717, 1.165) is 16.5 Å². The van der Waals surface area contributed by atoms with Crippen molar-refractivity contribution in [2.24, 2.45) is 0 Å². The average Bonchev–Trinajstić information content (AvgIpc) is 2.53. The molecule has 0 amide bonds. The second-order valence-corrected chi connectivity index (χ2v) is 8.10. The molecule has 0 bridgehead atoms. The lowest BCUT2D eigenvalue weighted by Crippen LogP contribution is -2.10. The Hall–Kier alpha value is -1.14. The van der Waals surface area contributed by atoms with E-state index in [1.807, 2.05) is 12.1 Å². The number of aromatic nitrogens is 1. The summed E-state index contributed by atoms with van der Waals surface area (Å²) in [6.45, 7) is 6.43. The summed E-state index contributed by atoms with van der Waals surface area (Å²) in [6.07, 6.45) is 1.12. The number of fused-ring (bicyclic) bond motifs is 1. The van der Waals surface area contributed by atoms with Crippen molar-refractivity contribution in [2.45, 2.75) is 26.2 Å². The van der Waals surface area contributed by atoms with Crippen molar-refractivity contribution in [1.29, 1.82) is 0 Å². The predicted octanol–water partition coefficient (Wildman–Crippen LogP) is 2.97. The standard InChI is InChI=1S/C12H16N2O2S2/c1-12(2,3)8-5-6-9-10(7-8)17-11(13-9)14-18(4,15)16/h5-7H,1-4H3,(H,13,14). The van der Waals surface area contributed by atoms with Crippen LogP contribution in [0.25, 0.3) is 10.2 Å². The quantitative estimate of drug-likeness (QED) is 0.922. The molecule has 98 valence electrons. The molecule has 0 atom stereocenters. The molecule has 0 saturated heterocycles. The van der Waals surface area contributed by atoms with Crippen LogP contribution in [0.5, 0.6) is 0 Å². The molecule has 0 unspecified atom stereocenters. The molecule has 4 nitrogen and oxygen atoms in total. The molecule has 1 aromatic carbocycles. The molecule has 1 aromatic heterocycles. The highest BCUT2D eigenvalue weighted by Crippen LogP contribution is 2.31. The van der Waals surface area contributed by atoms with E-state index in [0.29, 0.717) is 5.13 Å². The van der Waals surface area contributed by atoms with E-state index in [9.17, 15) is 8.42 Å². The number of nitrogens with one attached hydrogen (secondary N) is 1. The number of thiazole rings is 1.